The van der Waals surface area contributed by atoms with Gasteiger partial charge < -0.3 is 10.2 Å². The third-order valence-electron chi connectivity index (χ3n) is 5.95. The van der Waals surface area contributed by atoms with Crippen LogP contribution in [0.4, 0.5) is 4.39 Å². The van der Waals surface area contributed by atoms with Crippen LogP contribution in [-0.4, -0.2) is 78.4 Å². The molecule has 152 valence electrons. The van der Waals surface area contributed by atoms with Crippen molar-refractivity contribution < 1.29 is 14.0 Å². The van der Waals surface area contributed by atoms with Crippen LogP contribution in [0.25, 0.3) is 0 Å². The molecule has 3 aliphatic rings. The van der Waals surface area contributed by atoms with Crippen molar-refractivity contribution in [3.05, 3.63) is 35.6 Å². The quantitative estimate of drug-likeness (QED) is 0.800. The summed E-state index contributed by atoms with van der Waals surface area (Å²) in [6, 6.07) is 6.12. The van der Waals surface area contributed by atoms with E-state index in [0.717, 1.165) is 57.4 Å². The lowest BCUT2D eigenvalue weighted by Gasteiger charge is -2.39. The SMILES string of the molecule is O=C(NC1CC1)C(c1ccc(F)cc1)N1CCN(CC(=O)N2CCCC2)CC1. The predicted molar refractivity (Wildman–Crippen MR) is 104 cm³/mol. The van der Waals surface area contributed by atoms with Crippen molar-refractivity contribution in [2.75, 3.05) is 45.8 Å². The number of hydrogen-bond acceptors (Lipinski definition) is 4. The van der Waals surface area contributed by atoms with Crippen molar-refractivity contribution in [2.45, 2.75) is 37.8 Å². The summed E-state index contributed by atoms with van der Waals surface area (Å²) in [5.41, 5.74) is 0.821. The summed E-state index contributed by atoms with van der Waals surface area (Å²) in [6.45, 7) is 5.17. The Kier molecular flexibility index (Phi) is 5.92. The summed E-state index contributed by atoms with van der Waals surface area (Å²) in [6.07, 6.45) is 4.28. The molecule has 2 heterocycles. The third-order valence-corrected chi connectivity index (χ3v) is 5.95. The molecule has 1 unspecified atom stereocenters. The maximum atomic E-state index is 13.4. The van der Waals surface area contributed by atoms with Crippen LogP contribution in [0.15, 0.2) is 24.3 Å². The zero-order chi connectivity index (χ0) is 19.5. The van der Waals surface area contributed by atoms with Crippen LogP contribution >= 0.6 is 0 Å². The van der Waals surface area contributed by atoms with Gasteiger partial charge in [0.1, 0.15) is 11.9 Å². The molecule has 0 radical (unpaired) electrons. The molecular weight excluding hydrogens is 359 g/mol. The molecule has 0 spiro atoms. The largest absolute Gasteiger partial charge is 0.352 e. The van der Waals surface area contributed by atoms with Gasteiger partial charge in [0.05, 0.1) is 6.54 Å². The lowest BCUT2D eigenvalue weighted by atomic mass is 10.0. The Balaban J connectivity index is 1.37. The maximum absolute atomic E-state index is 13.4. The van der Waals surface area contributed by atoms with Gasteiger partial charge in [-0.15, -0.1) is 0 Å². The first-order valence-electron chi connectivity index (χ1n) is 10.4. The molecule has 1 saturated carbocycles. The number of likely N-dealkylation sites (tertiary alicyclic amines) is 1. The van der Waals surface area contributed by atoms with E-state index in [1.165, 1.54) is 12.1 Å². The minimum absolute atomic E-state index is 0.00398. The van der Waals surface area contributed by atoms with Gasteiger partial charge in [0, 0.05) is 45.3 Å². The van der Waals surface area contributed by atoms with E-state index in [0.29, 0.717) is 19.6 Å². The second-order valence-electron chi connectivity index (χ2n) is 8.14. The van der Waals surface area contributed by atoms with E-state index in [9.17, 15) is 14.0 Å². The number of amides is 2. The van der Waals surface area contributed by atoms with Crippen molar-refractivity contribution in [1.82, 2.24) is 20.0 Å². The summed E-state index contributed by atoms with van der Waals surface area (Å²) >= 11 is 0. The average Bonchev–Trinajstić information content (AvgIpc) is 3.32. The summed E-state index contributed by atoms with van der Waals surface area (Å²) < 4.78 is 13.4. The van der Waals surface area contributed by atoms with Crippen molar-refractivity contribution in [1.29, 1.82) is 0 Å². The van der Waals surface area contributed by atoms with Gasteiger partial charge in [-0.3, -0.25) is 19.4 Å². The third kappa shape index (κ3) is 4.70. The summed E-state index contributed by atoms with van der Waals surface area (Å²) in [4.78, 5) is 31.6. The van der Waals surface area contributed by atoms with E-state index in [4.69, 9.17) is 0 Å². The first kappa shape index (κ1) is 19.3. The fourth-order valence-electron chi connectivity index (χ4n) is 4.12. The van der Waals surface area contributed by atoms with Gasteiger partial charge in [-0.1, -0.05) is 12.1 Å². The fraction of sp³-hybridized carbons (Fsp3) is 0.619. The van der Waals surface area contributed by atoms with Crippen molar-refractivity contribution in [2.24, 2.45) is 0 Å². The zero-order valence-corrected chi connectivity index (χ0v) is 16.3. The van der Waals surface area contributed by atoms with Crippen LogP contribution in [-0.2, 0) is 9.59 Å². The minimum atomic E-state index is -0.405. The number of rotatable bonds is 6. The smallest absolute Gasteiger partial charge is 0.242 e. The molecule has 1 aromatic carbocycles. The van der Waals surface area contributed by atoms with E-state index in [-0.39, 0.29) is 23.7 Å². The Hall–Kier alpha value is -1.99. The molecule has 2 aliphatic heterocycles. The van der Waals surface area contributed by atoms with E-state index < -0.39 is 6.04 Å². The molecule has 1 N–H and O–H groups in total. The molecule has 2 amide bonds. The van der Waals surface area contributed by atoms with E-state index >= 15 is 0 Å². The van der Waals surface area contributed by atoms with Crippen LogP contribution in [0.2, 0.25) is 0 Å². The van der Waals surface area contributed by atoms with Crippen LogP contribution in [0.1, 0.15) is 37.3 Å². The van der Waals surface area contributed by atoms with Crippen molar-refractivity contribution in [3.8, 4) is 0 Å². The normalized spacial score (nSPS) is 22.2. The van der Waals surface area contributed by atoms with Gasteiger partial charge in [-0.25, -0.2) is 4.39 Å². The van der Waals surface area contributed by atoms with Crippen LogP contribution in [0.5, 0.6) is 0 Å². The Bertz CT molecular complexity index is 693. The molecule has 4 rings (SSSR count). The second kappa shape index (κ2) is 8.57. The number of nitrogens with one attached hydrogen (secondary N) is 1. The molecule has 1 aromatic rings. The van der Waals surface area contributed by atoms with Gasteiger partial charge in [-0.2, -0.15) is 0 Å². The van der Waals surface area contributed by atoms with E-state index in [1.807, 2.05) is 4.90 Å². The standard InChI is InChI=1S/C21H29FN4O2/c22-17-5-3-16(4-6-17)20(21(28)23-18-7-8-18)26-13-11-24(12-14-26)15-19(27)25-9-1-2-10-25/h3-6,18,20H,1-2,7-15H2,(H,23,28). The number of halogens is 1. The molecule has 28 heavy (non-hydrogen) atoms. The summed E-state index contributed by atoms with van der Waals surface area (Å²) in [7, 11) is 0. The van der Waals surface area contributed by atoms with Crippen molar-refractivity contribution >= 4 is 11.8 Å². The number of benzene rings is 1. The first-order valence-corrected chi connectivity index (χ1v) is 10.4. The topological polar surface area (TPSA) is 55.9 Å². The van der Waals surface area contributed by atoms with Gasteiger partial charge in [0.2, 0.25) is 11.8 Å². The van der Waals surface area contributed by atoms with Gasteiger partial charge in [0.25, 0.3) is 0 Å². The fourth-order valence-corrected chi connectivity index (χ4v) is 4.12. The molecule has 2 saturated heterocycles. The molecule has 0 bridgehead atoms. The van der Waals surface area contributed by atoms with Gasteiger partial charge in [-0.05, 0) is 43.4 Å². The number of piperazine rings is 1. The van der Waals surface area contributed by atoms with Crippen LogP contribution in [0.3, 0.4) is 0 Å². The lowest BCUT2D eigenvalue weighted by Crippen LogP contribution is -2.53. The molecular formula is C21H29FN4O2. The highest BCUT2D eigenvalue weighted by molar-refractivity contribution is 5.83. The molecule has 0 aromatic heterocycles. The van der Waals surface area contributed by atoms with Gasteiger partial charge >= 0.3 is 0 Å². The molecule has 3 fully saturated rings. The molecule has 1 atom stereocenters. The maximum Gasteiger partial charge on any atom is 0.242 e. The zero-order valence-electron chi connectivity index (χ0n) is 16.3. The minimum Gasteiger partial charge on any atom is -0.352 e. The Morgan fingerprint density at radius 3 is 2.25 bits per heavy atom. The molecule has 6 nitrogen and oxygen atoms in total. The van der Waals surface area contributed by atoms with Gasteiger partial charge in [0.15, 0.2) is 0 Å². The lowest BCUT2D eigenvalue weighted by molar-refractivity contribution is -0.133. The summed E-state index contributed by atoms with van der Waals surface area (Å²) in [5, 5.41) is 3.10. The second-order valence-corrected chi connectivity index (χ2v) is 8.14. The number of carbonyl (C=O) groups excluding carboxylic acids is 2. The Morgan fingerprint density at radius 2 is 1.64 bits per heavy atom. The van der Waals surface area contributed by atoms with E-state index in [2.05, 4.69) is 15.1 Å². The predicted octanol–water partition coefficient (Wildman–Crippen LogP) is 1.39. The Morgan fingerprint density at radius 1 is 1.00 bits per heavy atom. The number of hydrogen-bond donors (Lipinski definition) is 1. The average molecular weight is 388 g/mol. The highest BCUT2D eigenvalue weighted by atomic mass is 19.1. The van der Waals surface area contributed by atoms with Crippen LogP contribution < -0.4 is 5.32 Å². The Labute approximate surface area is 165 Å². The number of nitrogens with zero attached hydrogens (tertiary/aromatic N) is 3. The highest BCUT2D eigenvalue weighted by Crippen LogP contribution is 2.26. The molecule has 1 aliphatic carbocycles. The summed E-state index contributed by atoms with van der Waals surface area (Å²) in [5.74, 6) is -0.0847. The molecule has 7 heteroatoms. The monoisotopic (exact) mass is 388 g/mol. The van der Waals surface area contributed by atoms with Crippen molar-refractivity contribution in [3.63, 3.8) is 0 Å². The number of carbonyl (C=O) groups is 2. The van der Waals surface area contributed by atoms with Crippen LogP contribution in [0, 0.1) is 5.82 Å². The first-order chi connectivity index (χ1) is 13.6. The highest BCUT2D eigenvalue weighted by Gasteiger charge is 2.34. The van der Waals surface area contributed by atoms with E-state index in [1.54, 1.807) is 12.1 Å².